The van der Waals surface area contributed by atoms with Gasteiger partial charge in [-0.3, -0.25) is 0 Å². The number of ether oxygens (including phenoxy) is 1. The second-order valence-corrected chi connectivity index (χ2v) is 5.74. The molecule has 0 bridgehead atoms. The van der Waals surface area contributed by atoms with Crippen LogP contribution in [0.4, 0.5) is 0 Å². The molecular weight excluding hydrogens is 248 g/mol. The Kier molecular flexibility index (Phi) is 6.10. The van der Waals surface area contributed by atoms with Gasteiger partial charge >= 0.3 is 5.97 Å². The van der Waals surface area contributed by atoms with Gasteiger partial charge in [-0.2, -0.15) is 0 Å². The first-order valence-corrected chi connectivity index (χ1v) is 8.13. The van der Waals surface area contributed by atoms with Gasteiger partial charge in [-0.25, -0.2) is 4.79 Å². The van der Waals surface area contributed by atoms with Crippen molar-refractivity contribution in [1.82, 2.24) is 0 Å². The average molecular weight is 274 g/mol. The molecule has 1 unspecified atom stereocenters. The lowest BCUT2D eigenvalue weighted by Crippen LogP contribution is -1.98. The maximum Gasteiger partial charge on any atom is 0.339 e. The first kappa shape index (κ1) is 15.1. The van der Waals surface area contributed by atoms with Gasteiger partial charge < -0.3 is 4.74 Å². The first-order chi connectivity index (χ1) is 9.83. The Balaban J connectivity index is 1.63. The van der Waals surface area contributed by atoms with Crippen molar-refractivity contribution >= 4 is 5.97 Å². The number of fused-ring (bicyclic) bond motifs is 1. The Morgan fingerprint density at radius 3 is 2.35 bits per heavy atom. The molecule has 0 radical (unpaired) electrons. The fraction of sp³-hybridized carbons (Fsp3) is 0.611. The first-order valence-electron chi connectivity index (χ1n) is 8.13. The van der Waals surface area contributed by atoms with Gasteiger partial charge in [0.05, 0.1) is 5.56 Å². The molecule has 0 aliphatic carbocycles. The summed E-state index contributed by atoms with van der Waals surface area (Å²) in [5.41, 5.74) is 1.84. The van der Waals surface area contributed by atoms with Gasteiger partial charge in [0.25, 0.3) is 0 Å². The minimum Gasteiger partial charge on any atom is -0.454 e. The lowest BCUT2D eigenvalue weighted by molar-refractivity contribution is 0.0363. The van der Waals surface area contributed by atoms with E-state index < -0.39 is 0 Å². The Morgan fingerprint density at radius 2 is 1.60 bits per heavy atom. The summed E-state index contributed by atoms with van der Waals surface area (Å²) >= 11 is 0. The van der Waals surface area contributed by atoms with E-state index in [1.54, 1.807) is 0 Å². The lowest BCUT2D eigenvalue weighted by atomic mass is 10.00. The van der Waals surface area contributed by atoms with Gasteiger partial charge in [0.1, 0.15) is 6.10 Å². The highest BCUT2D eigenvalue weighted by molar-refractivity contribution is 5.93. The zero-order valence-electron chi connectivity index (χ0n) is 12.6. The average Bonchev–Trinajstić information content (AvgIpc) is 2.79. The van der Waals surface area contributed by atoms with Crippen LogP contribution in [-0.2, 0) is 4.74 Å². The number of hydrogen-bond acceptors (Lipinski definition) is 2. The minimum atomic E-state index is -0.148. The van der Waals surface area contributed by atoms with E-state index in [1.165, 1.54) is 44.9 Å². The van der Waals surface area contributed by atoms with Crippen molar-refractivity contribution in [3.05, 3.63) is 35.4 Å². The summed E-state index contributed by atoms with van der Waals surface area (Å²) in [4.78, 5) is 11.7. The van der Waals surface area contributed by atoms with E-state index in [4.69, 9.17) is 4.74 Å². The predicted molar refractivity (Wildman–Crippen MR) is 81.8 cm³/mol. The van der Waals surface area contributed by atoms with Crippen molar-refractivity contribution in [1.29, 1.82) is 0 Å². The Bertz CT molecular complexity index is 425. The summed E-state index contributed by atoms with van der Waals surface area (Å²) in [6.07, 6.45) is 11.5. The molecule has 1 aromatic rings. The molecule has 1 aliphatic rings. The highest BCUT2D eigenvalue weighted by Gasteiger charge is 2.29. The Morgan fingerprint density at radius 1 is 0.950 bits per heavy atom. The van der Waals surface area contributed by atoms with E-state index in [2.05, 4.69) is 6.92 Å². The second kappa shape index (κ2) is 8.08. The molecule has 0 spiro atoms. The Hall–Kier alpha value is -1.31. The van der Waals surface area contributed by atoms with Crippen LogP contribution in [0.25, 0.3) is 0 Å². The molecule has 0 saturated carbocycles. The SMILES string of the molecule is CCCCCCCCCCC1OC(=O)c2ccccc21. The van der Waals surface area contributed by atoms with Crippen LogP contribution in [0.3, 0.4) is 0 Å². The fourth-order valence-electron chi connectivity index (χ4n) is 2.90. The third kappa shape index (κ3) is 4.09. The zero-order valence-corrected chi connectivity index (χ0v) is 12.6. The molecule has 2 heteroatoms. The van der Waals surface area contributed by atoms with E-state index in [1.807, 2.05) is 24.3 Å². The largest absolute Gasteiger partial charge is 0.454 e. The van der Waals surface area contributed by atoms with E-state index in [0.29, 0.717) is 0 Å². The van der Waals surface area contributed by atoms with Crippen LogP contribution >= 0.6 is 0 Å². The predicted octanol–water partition coefficient (Wildman–Crippen LogP) is 5.43. The molecule has 2 nitrogen and oxygen atoms in total. The molecule has 110 valence electrons. The zero-order chi connectivity index (χ0) is 14.2. The summed E-state index contributed by atoms with van der Waals surface area (Å²) in [6.45, 7) is 2.25. The number of cyclic esters (lactones) is 1. The van der Waals surface area contributed by atoms with Gasteiger partial charge in [0.15, 0.2) is 0 Å². The van der Waals surface area contributed by atoms with Crippen LogP contribution in [0.5, 0.6) is 0 Å². The molecule has 0 N–H and O–H groups in total. The summed E-state index contributed by atoms with van der Waals surface area (Å²) in [6, 6.07) is 7.78. The molecule has 1 heterocycles. The lowest BCUT2D eigenvalue weighted by Gasteiger charge is -2.10. The summed E-state index contributed by atoms with van der Waals surface area (Å²) in [5.74, 6) is -0.148. The van der Waals surface area contributed by atoms with E-state index in [9.17, 15) is 4.79 Å². The summed E-state index contributed by atoms with van der Waals surface area (Å²) in [5, 5.41) is 0. The number of hydrogen-bond donors (Lipinski definition) is 0. The molecule has 0 fully saturated rings. The maximum absolute atomic E-state index is 11.7. The number of carbonyl (C=O) groups excluding carboxylic acids is 1. The van der Waals surface area contributed by atoms with Crippen LogP contribution in [0.2, 0.25) is 0 Å². The van der Waals surface area contributed by atoms with Crippen molar-refractivity contribution in [2.45, 2.75) is 70.8 Å². The van der Waals surface area contributed by atoms with Crippen LogP contribution in [0.15, 0.2) is 24.3 Å². The number of esters is 1. The minimum absolute atomic E-state index is 0.00112. The van der Waals surface area contributed by atoms with Crippen molar-refractivity contribution in [3.8, 4) is 0 Å². The molecule has 2 rings (SSSR count). The molecule has 0 amide bonds. The van der Waals surface area contributed by atoms with Gasteiger partial charge in [-0.15, -0.1) is 0 Å². The van der Waals surface area contributed by atoms with Crippen molar-refractivity contribution in [2.75, 3.05) is 0 Å². The smallest absolute Gasteiger partial charge is 0.339 e. The van der Waals surface area contributed by atoms with Crippen LogP contribution in [-0.4, -0.2) is 5.97 Å². The molecule has 0 aromatic heterocycles. The molecule has 1 aromatic carbocycles. The monoisotopic (exact) mass is 274 g/mol. The van der Waals surface area contributed by atoms with Crippen molar-refractivity contribution in [2.24, 2.45) is 0 Å². The van der Waals surface area contributed by atoms with Crippen LogP contribution < -0.4 is 0 Å². The van der Waals surface area contributed by atoms with E-state index in [0.717, 1.165) is 24.0 Å². The standard InChI is InChI=1S/C18H26O2/c1-2-3-4-5-6-7-8-9-14-17-15-12-10-11-13-16(15)18(19)20-17/h10-13,17H,2-9,14H2,1H3. The highest BCUT2D eigenvalue weighted by atomic mass is 16.5. The van der Waals surface area contributed by atoms with Crippen molar-refractivity contribution in [3.63, 3.8) is 0 Å². The quantitative estimate of drug-likeness (QED) is 0.443. The van der Waals surface area contributed by atoms with Crippen LogP contribution in [0.1, 0.15) is 86.7 Å². The summed E-state index contributed by atoms with van der Waals surface area (Å²) < 4.78 is 5.45. The van der Waals surface area contributed by atoms with Crippen molar-refractivity contribution < 1.29 is 9.53 Å². The Labute approximate surface area is 122 Å². The highest BCUT2D eigenvalue weighted by Crippen LogP contribution is 2.34. The van der Waals surface area contributed by atoms with Gasteiger partial charge in [-0.1, -0.05) is 70.1 Å². The third-order valence-corrected chi connectivity index (χ3v) is 4.10. The summed E-state index contributed by atoms with van der Waals surface area (Å²) in [7, 11) is 0. The molecular formula is C18H26O2. The molecule has 1 aliphatic heterocycles. The molecule has 1 atom stereocenters. The topological polar surface area (TPSA) is 26.3 Å². The van der Waals surface area contributed by atoms with Crippen LogP contribution in [0, 0.1) is 0 Å². The van der Waals surface area contributed by atoms with Gasteiger partial charge in [-0.05, 0) is 18.9 Å². The van der Waals surface area contributed by atoms with E-state index >= 15 is 0 Å². The third-order valence-electron chi connectivity index (χ3n) is 4.10. The molecule has 20 heavy (non-hydrogen) atoms. The number of rotatable bonds is 9. The second-order valence-electron chi connectivity index (χ2n) is 5.74. The maximum atomic E-state index is 11.7. The van der Waals surface area contributed by atoms with Gasteiger partial charge in [0.2, 0.25) is 0 Å². The number of unbranched alkanes of at least 4 members (excludes halogenated alkanes) is 7. The number of benzene rings is 1. The van der Waals surface area contributed by atoms with Gasteiger partial charge in [0, 0.05) is 5.56 Å². The number of carbonyl (C=O) groups is 1. The van der Waals surface area contributed by atoms with E-state index in [-0.39, 0.29) is 12.1 Å². The molecule has 0 saturated heterocycles. The normalized spacial score (nSPS) is 17.1. The fourth-order valence-corrected chi connectivity index (χ4v) is 2.90.